The number of hydrogen-bond donors (Lipinski definition) is 1. The Hall–Kier alpha value is -1.38. The van der Waals surface area contributed by atoms with Crippen LogP contribution in [-0.4, -0.2) is 6.54 Å². The third-order valence-corrected chi connectivity index (χ3v) is 3.08. The average molecular weight is 264 g/mol. The van der Waals surface area contributed by atoms with E-state index in [1.54, 1.807) is 12.1 Å². The Bertz CT molecular complexity index is 523. The summed E-state index contributed by atoms with van der Waals surface area (Å²) in [6, 6.07) is 12.3. The summed E-state index contributed by atoms with van der Waals surface area (Å²) in [6.45, 7) is 3.80. The first-order valence-corrected chi connectivity index (χ1v) is 6.33. The second kappa shape index (κ2) is 5.98. The summed E-state index contributed by atoms with van der Waals surface area (Å²) in [5.41, 5.74) is 3.00. The Morgan fingerprint density at radius 3 is 2.44 bits per heavy atom. The Kier molecular flexibility index (Phi) is 4.34. The van der Waals surface area contributed by atoms with Crippen molar-refractivity contribution >= 4 is 11.6 Å². The van der Waals surface area contributed by atoms with E-state index in [1.807, 2.05) is 18.2 Å². The third-order valence-electron chi connectivity index (χ3n) is 2.77. The molecule has 0 aliphatic rings. The second-order valence-electron chi connectivity index (χ2n) is 4.10. The molecule has 2 aromatic rings. The molecular formula is C15H15ClFN. The van der Waals surface area contributed by atoms with E-state index in [-0.39, 0.29) is 5.82 Å². The predicted octanol–water partition coefficient (Wildman–Crippen LogP) is 4.26. The molecule has 2 aromatic carbocycles. The Morgan fingerprint density at radius 2 is 1.83 bits per heavy atom. The summed E-state index contributed by atoms with van der Waals surface area (Å²) in [5, 5.41) is 3.94. The molecule has 0 atom stereocenters. The molecule has 0 saturated heterocycles. The van der Waals surface area contributed by atoms with Gasteiger partial charge in [0.25, 0.3) is 0 Å². The molecule has 0 aliphatic heterocycles. The lowest BCUT2D eigenvalue weighted by molar-refractivity contribution is 0.628. The first-order chi connectivity index (χ1) is 8.70. The highest BCUT2D eigenvalue weighted by Gasteiger charge is 2.04. The van der Waals surface area contributed by atoms with Gasteiger partial charge in [-0.05, 0) is 35.9 Å². The number of benzene rings is 2. The lowest BCUT2D eigenvalue weighted by Crippen LogP contribution is -2.11. The van der Waals surface area contributed by atoms with Crippen molar-refractivity contribution in [2.45, 2.75) is 13.5 Å². The standard InChI is InChI=1S/C15H15ClFN/c1-2-18-10-11-3-8-14(15(16)9-11)12-4-6-13(17)7-5-12/h3-9,18H,2,10H2,1H3. The maximum absolute atomic E-state index is 12.9. The molecule has 1 nitrogen and oxygen atoms in total. The van der Waals surface area contributed by atoms with Gasteiger partial charge in [-0.2, -0.15) is 0 Å². The van der Waals surface area contributed by atoms with Gasteiger partial charge < -0.3 is 5.32 Å². The van der Waals surface area contributed by atoms with Crippen LogP contribution >= 0.6 is 11.6 Å². The minimum absolute atomic E-state index is 0.237. The average Bonchev–Trinajstić information content (AvgIpc) is 2.38. The van der Waals surface area contributed by atoms with Crippen LogP contribution in [0.5, 0.6) is 0 Å². The molecule has 0 saturated carbocycles. The molecule has 0 amide bonds. The highest BCUT2D eigenvalue weighted by atomic mass is 35.5. The molecule has 18 heavy (non-hydrogen) atoms. The number of rotatable bonds is 4. The lowest BCUT2D eigenvalue weighted by Gasteiger charge is -2.08. The molecule has 0 fully saturated rings. The first-order valence-electron chi connectivity index (χ1n) is 5.96. The molecule has 0 spiro atoms. The van der Waals surface area contributed by atoms with E-state index >= 15 is 0 Å². The van der Waals surface area contributed by atoms with Crippen molar-refractivity contribution in [3.63, 3.8) is 0 Å². The van der Waals surface area contributed by atoms with Crippen LogP contribution in [0.3, 0.4) is 0 Å². The predicted molar refractivity (Wildman–Crippen MR) is 74.2 cm³/mol. The van der Waals surface area contributed by atoms with Gasteiger partial charge in [0, 0.05) is 17.1 Å². The second-order valence-corrected chi connectivity index (χ2v) is 4.51. The third kappa shape index (κ3) is 3.09. The smallest absolute Gasteiger partial charge is 0.123 e. The van der Waals surface area contributed by atoms with Gasteiger partial charge in [0.15, 0.2) is 0 Å². The number of hydrogen-bond acceptors (Lipinski definition) is 1. The highest BCUT2D eigenvalue weighted by Crippen LogP contribution is 2.28. The molecule has 0 radical (unpaired) electrons. The van der Waals surface area contributed by atoms with Crippen LogP contribution in [0, 0.1) is 5.82 Å². The topological polar surface area (TPSA) is 12.0 Å². The normalized spacial score (nSPS) is 10.6. The van der Waals surface area contributed by atoms with Crippen LogP contribution in [0.2, 0.25) is 5.02 Å². The summed E-state index contributed by atoms with van der Waals surface area (Å²) in [6.07, 6.45) is 0. The maximum atomic E-state index is 12.9. The summed E-state index contributed by atoms with van der Waals surface area (Å²) in [4.78, 5) is 0. The molecule has 2 rings (SSSR count). The Morgan fingerprint density at radius 1 is 1.11 bits per heavy atom. The van der Waals surface area contributed by atoms with Crippen molar-refractivity contribution in [3.05, 3.63) is 58.9 Å². The van der Waals surface area contributed by atoms with Gasteiger partial charge in [-0.3, -0.25) is 0 Å². The molecule has 1 N–H and O–H groups in total. The zero-order valence-corrected chi connectivity index (χ0v) is 11.0. The van der Waals surface area contributed by atoms with Crippen molar-refractivity contribution in [2.24, 2.45) is 0 Å². The SMILES string of the molecule is CCNCc1ccc(-c2ccc(F)cc2)c(Cl)c1. The van der Waals surface area contributed by atoms with E-state index in [1.165, 1.54) is 12.1 Å². The van der Waals surface area contributed by atoms with E-state index in [2.05, 4.69) is 12.2 Å². The molecule has 0 unspecified atom stereocenters. The minimum Gasteiger partial charge on any atom is -0.313 e. The molecule has 0 bridgehead atoms. The summed E-state index contributed by atoms with van der Waals surface area (Å²) in [5.74, 6) is -0.237. The number of nitrogens with one attached hydrogen (secondary N) is 1. The fourth-order valence-electron chi connectivity index (χ4n) is 1.80. The van der Waals surface area contributed by atoms with Crippen molar-refractivity contribution < 1.29 is 4.39 Å². The van der Waals surface area contributed by atoms with Crippen LogP contribution in [0.15, 0.2) is 42.5 Å². The van der Waals surface area contributed by atoms with E-state index < -0.39 is 0 Å². The highest BCUT2D eigenvalue weighted by molar-refractivity contribution is 6.33. The van der Waals surface area contributed by atoms with Crippen molar-refractivity contribution in [1.29, 1.82) is 0 Å². The first kappa shape index (κ1) is 13.1. The quantitative estimate of drug-likeness (QED) is 0.869. The zero-order valence-electron chi connectivity index (χ0n) is 10.2. The molecule has 0 aliphatic carbocycles. The molecule has 0 heterocycles. The van der Waals surface area contributed by atoms with Crippen LogP contribution in [0.4, 0.5) is 4.39 Å². The monoisotopic (exact) mass is 263 g/mol. The van der Waals surface area contributed by atoms with Gasteiger partial charge in [0.2, 0.25) is 0 Å². The Balaban J connectivity index is 2.26. The van der Waals surface area contributed by atoms with Gasteiger partial charge in [-0.15, -0.1) is 0 Å². The minimum atomic E-state index is -0.237. The van der Waals surface area contributed by atoms with E-state index in [0.717, 1.165) is 29.8 Å². The lowest BCUT2D eigenvalue weighted by atomic mass is 10.0. The van der Waals surface area contributed by atoms with E-state index in [9.17, 15) is 4.39 Å². The number of halogens is 2. The van der Waals surface area contributed by atoms with Crippen LogP contribution in [0.1, 0.15) is 12.5 Å². The van der Waals surface area contributed by atoms with Crippen molar-refractivity contribution in [1.82, 2.24) is 5.32 Å². The van der Waals surface area contributed by atoms with Crippen LogP contribution in [0.25, 0.3) is 11.1 Å². The van der Waals surface area contributed by atoms with Crippen molar-refractivity contribution in [3.8, 4) is 11.1 Å². The van der Waals surface area contributed by atoms with Gasteiger partial charge in [0.1, 0.15) is 5.82 Å². The van der Waals surface area contributed by atoms with Gasteiger partial charge >= 0.3 is 0 Å². The largest absolute Gasteiger partial charge is 0.313 e. The van der Waals surface area contributed by atoms with Crippen LogP contribution in [-0.2, 0) is 6.54 Å². The zero-order chi connectivity index (χ0) is 13.0. The molecule has 3 heteroatoms. The van der Waals surface area contributed by atoms with E-state index in [0.29, 0.717) is 5.02 Å². The molecular weight excluding hydrogens is 249 g/mol. The van der Waals surface area contributed by atoms with Crippen LogP contribution < -0.4 is 5.32 Å². The molecule has 0 aromatic heterocycles. The fourth-order valence-corrected chi connectivity index (χ4v) is 2.11. The summed E-state index contributed by atoms with van der Waals surface area (Å²) < 4.78 is 12.9. The van der Waals surface area contributed by atoms with Gasteiger partial charge in [0.05, 0.1) is 0 Å². The van der Waals surface area contributed by atoms with Gasteiger partial charge in [-0.25, -0.2) is 4.39 Å². The fraction of sp³-hybridized carbons (Fsp3) is 0.200. The van der Waals surface area contributed by atoms with E-state index in [4.69, 9.17) is 11.6 Å². The van der Waals surface area contributed by atoms with Gasteiger partial charge in [-0.1, -0.05) is 42.8 Å². The van der Waals surface area contributed by atoms with Crippen molar-refractivity contribution in [2.75, 3.05) is 6.54 Å². The maximum Gasteiger partial charge on any atom is 0.123 e. The Labute approximate surface area is 112 Å². The summed E-state index contributed by atoms with van der Waals surface area (Å²) >= 11 is 6.26. The summed E-state index contributed by atoms with van der Waals surface area (Å²) in [7, 11) is 0. The molecule has 94 valence electrons.